The van der Waals surface area contributed by atoms with Crippen molar-refractivity contribution < 1.29 is 4.74 Å². The van der Waals surface area contributed by atoms with Crippen LogP contribution >= 0.6 is 23.4 Å². The highest BCUT2D eigenvalue weighted by molar-refractivity contribution is 8.13. The Morgan fingerprint density at radius 1 is 1.53 bits per heavy atom. The molecule has 0 spiro atoms. The SMILES string of the molecule is COc1cc(NC(=N)SC)ccc1-n1cnc(Cl)n1. The van der Waals surface area contributed by atoms with Crippen molar-refractivity contribution in [1.82, 2.24) is 14.8 Å². The van der Waals surface area contributed by atoms with Crippen LogP contribution in [0.5, 0.6) is 5.75 Å². The summed E-state index contributed by atoms with van der Waals surface area (Å²) >= 11 is 7.02. The highest BCUT2D eigenvalue weighted by Gasteiger charge is 2.09. The maximum Gasteiger partial charge on any atom is 0.242 e. The highest BCUT2D eigenvalue weighted by atomic mass is 35.5. The standard InChI is InChI=1S/C11H12ClN5OS/c1-18-9-5-7(15-11(13)19-2)3-4-8(9)17-6-14-10(12)16-17/h3-6H,1-2H3,(H2,13,15). The van der Waals surface area contributed by atoms with Crippen LogP contribution in [0, 0.1) is 5.41 Å². The summed E-state index contributed by atoms with van der Waals surface area (Å²) in [5, 5.41) is 15.1. The molecule has 0 aliphatic rings. The number of ether oxygens (including phenoxy) is 1. The van der Waals surface area contributed by atoms with E-state index in [1.807, 2.05) is 18.4 Å². The number of thioether (sulfide) groups is 1. The average Bonchev–Trinajstić information content (AvgIpc) is 2.84. The first-order valence-electron chi connectivity index (χ1n) is 5.29. The van der Waals surface area contributed by atoms with Crippen molar-refractivity contribution in [2.45, 2.75) is 0 Å². The molecule has 2 N–H and O–H groups in total. The number of nitrogens with zero attached hydrogens (tertiary/aromatic N) is 3. The minimum absolute atomic E-state index is 0.174. The van der Waals surface area contributed by atoms with Gasteiger partial charge in [0.05, 0.1) is 7.11 Å². The van der Waals surface area contributed by atoms with Gasteiger partial charge in [0, 0.05) is 11.8 Å². The zero-order valence-corrected chi connectivity index (χ0v) is 11.9. The van der Waals surface area contributed by atoms with E-state index in [1.165, 1.54) is 22.8 Å². The molecular weight excluding hydrogens is 286 g/mol. The number of hydrogen-bond acceptors (Lipinski definition) is 5. The van der Waals surface area contributed by atoms with Gasteiger partial charge in [-0.25, -0.2) is 9.67 Å². The van der Waals surface area contributed by atoms with E-state index in [1.54, 1.807) is 13.2 Å². The van der Waals surface area contributed by atoms with Crippen LogP contribution in [0.3, 0.4) is 0 Å². The summed E-state index contributed by atoms with van der Waals surface area (Å²) in [5.74, 6) is 0.612. The summed E-state index contributed by atoms with van der Waals surface area (Å²) in [5.41, 5.74) is 1.49. The fourth-order valence-electron chi connectivity index (χ4n) is 1.49. The van der Waals surface area contributed by atoms with Gasteiger partial charge in [-0.05, 0) is 30.0 Å². The number of benzene rings is 1. The second-order valence-corrected chi connectivity index (χ2v) is 4.66. The Hall–Kier alpha value is -1.73. The van der Waals surface area contributed by atoms with E-state index in [2.05, 4.69) is 15.4 Å². The lowest BCUT2D eigenvalue weighted by Crippen LogP contribution is -2.06. The Kier molecular flexibility index (Phi) is 4.28. The molecule has 19 heavy (non-hydrogen) atoms. The molecule has 0 fully saturated rings. The number of methoxy groups -OCH3 is 1. The number of hydrogen-bond donors (Lipinski definition) is 2. The third kappa shape index (κ3) is 3.18. The van der Waals surface area contributed by atoms with Gasteiger partial charge in [-0.3, -0.25) is 5.41 Å². The van der Waals surface area contributed by atoms with Gasteiger partial charge < -0.3 is 10.1 Å². The molecule has 0 radical (unpaired) electrons. The minimum Gasteiger partial charge on any atom is -0.494 e. The van der Waals surface area contributed by atoms with Crippen LogP contribution in [0.15, 0.2) is 24.5 Å². The van der Waals surface area contributed by atoms with Crippen molar-refractivity contribution in [1.29, 1.82) is 5.41 Å². The molecule has 1 heterocycles. The first kappa shape index (κ1) is 13.7. The molecule has 1 aromatic heterocycles. The number of rotatable bonds is 3. The summed E-state index contributed by atoms with van der Waals surface area (Å²) in [4.78, 5) is 3.86. The molecule has 0 aliphatic heterocycles. The molecule has 0 aliphatic carbocycles. The summed E-state index contributed by atoms with van der Waals surface area (Å²) in [7, 11) is 1.57. The average molecular weight is 298 g/mol. The lowest BCUT2D eigenvalue weighted by atomic mass is 10.2. The fourth-order valence-corrected chi connectivity index (χ4v) is 1.83. The molecule has 0 amide bonds. The zero-order valence-electron chi connectivity index (χ0n) is 10.3. The second-order valence-electron chi connectivity index (χ2n) is 3.50. The van der Waals surface area contributed by atoms with Gasteiger partial charge in [-0.2, -0.15) is 0 Å². The molecule has 2 rings (SSSR count). The van der Waals surface area contributed by atoms with Crippen LogP contribution in [-0.4, -0.2) is 33.3 Å². The molecule has 6 nitrogen and oxygen atoms in total. The van der Waals surface area contributed by atoms with Gasteiger partial charge >= 0.3 is 0 Å². The van der Waals surface area contributed by atoms with E-state index in [-0.39, 0.29) is 5.28 Å². The molecule has 0 unspecified atom stereocenters. The zero-order chi connectivity index (χ0) is 13.8. The Morgan fingerprint density at radius 3 is 2.89 bits per heavy atom. The Labute approximate surface area is 119 Å². The largest absolute Gasteiger partial charge is 0.494 e. The minimum atomic E-state index is 0.174. The van der Waals surface area contributed by atoms with Gasteiger partial charge in [0.25, 0.3) is 0 Å². The number of halogens is 1. The lowest BCUT2D eigenvalue weighted by Gasteiger charge is -2.11. The monoisotopic (exact) mass is 297 g/mol. The molecule has 1 aromatic carbocycles. The Balaban J connectivity index is 2.34. The number of aromatic nitrogens is 3. The predicted octanol–water partition coefficient (Wildman–Crippen LogP) is 2.64. The van der Waals surface area contributed by atoms with Crippen LogP contribution in [0.2, 0.25) is 5.28 Å². The molecule has 0 saturated carbocycles. The molecule has 100 valence electrons. The third-order valence-corrected chi connectivity index (χ3v) is 3.04. The normalized spacial score (nSPS) is 10.3. The topological polar surface area (TPSA) is 75.8 Å². The van der Waals surface area contributed by atoms with E-state index in [0.29, 0.717) is 10.9 Å². The molecule has 0 saturated heterocycles. The van der Waals surface area contributed by atoms with Gasteiger partial charge in [0.1, 0.15) is 17.8 Å². The summed E-state index contributed by atoms with van der Waals surface area (Å²) < 4.78 is 6.85. The van der Waals surface area contributed by atoms with Crippen molar-refractivity contribution >= 4 is 34.2 Å². The van der Waals surface area contributed by atoms with Crippen LogP contribution in [0.25, 0.3) is 5.69 Å². The summed E-state index contributed by atoms with van der Waals surface area (Å²) in [6.07, 6.45) is 3.34. The van der Waals surface area contributed by atoms with Crippen molar-refractivity contribution in [2.24, 2.45) is 0 Å². The van der Waals surface area contributed by atoms with Gasteiger partial charge in [0.2, 0.25) is 5.28 Å². The number of anilines is 1. The van der Waals surface area contributed by atoms with Crippen LogP contribution in [0.4, 0.5) is 5.69 Å². The van der Waals surface area contributed by atoms with E-state index in [4.69, 9.17) is 21.7 Å². The Bertz CT molecular complexity index is 601. The maximum atomic E-state index is 7.59. The highest BCUT2D eigenvalue weighted by Crippen LogP contribution is 2.26. The lowest BCUT2D eigenvalue weighted by molar-refractivity contribution is 0.412. The van der Waals surface area contributed by atoms with Crippen molar-refractivity contribution in [2.75, 3.05) is 18.7 Å². The molecule has 8 heteroatoms. The van der Waals surface area contributed by atoms with Gasteiger partial charge in [0.15, 0.2) is 5.17 Å². The van der Waals surface area contributed by atoms with Gasteiger partial charge in [-0.15, -0.1) is 5.10 Å². The summed E-state index contributed by atoms with van der Waals surface area (Å²) in [6.45, 7) is 0. The predicted molar refractivity (Wildman–Crippen MR) is 77.8 cm³/mol. The molecule has 2 aromatic rings. The van der Waals surface area contributed by atoms with E-state index in [9.17, 15) is 0 Å². The summed E-state index contributed by atoms with van der Waals surface area (Å²) in [6, 6.07) is 5.44. The van der Waals surface area contributed by atoms with Crippen LogP contribution in [0.1, 0.15) is 0 Å². The quantitative estimate of drug-likeness (QED) is 0.673. The Morgan fingerprint density at radius 2 is 2.32 bits per heavy atom. The van der Waals surface area contributed by atoms with Crippen LogP contribution < -0.4 is 10.1 Å². The first-order valence-corrected chi connectivity index (χ1v) is 6.89. The van der Waals surface area contributed by atoms with E-state index < -0.39 is 0 Å². The van der Waals surface area contributed by atoms with Crippen LogP contribution in [-0.2, 0) is 0 Å². The molecular formula is C11H12ClN5OS. The first-order chi connectivity index (χ1) is 9.13. The number of nitrogens with one attached hydrogen (secondary N) is 2. The smallest absolute Gasteiger partial charge is 0.242 e. The van der Waals surface area contributed by atoms with E-state index in [0.717, 1.165) is 11.4 Å². The third-order valence-electron chi connectivity index (χ3n) is 2.35. The molecule has 0 atom stereocenters. The van der Waals surface area contributed by atoms with Crippen molar-refractivity contribution in [3.05, 3.63) is 29.8 Å². The molecule has 0 bridgehead atoms. The second kappa shape index (κ2) is 5.94. The fraction of sp³-hybridized carbons (Fsp3) is 0.182. The van der Waals surface area contributed by atoms with Gasteiger partial charge in [-0.1, -0.05) is 11.8 Å². The number of amidine groups is 1. The van der Waals surface area contributed by atoms with Crippen molar-refractivity contribution in [3.8, 4) is 11.4 Å². The van der Waals surface area contributed by atoms with Crippen molar-refractivity contribution in [3.63, 3.8) is 0 Å². The maximum absolute atomic E-state index is 7.59. The van der Waals surface area contributed by atoms with E-state index >= 15 is 0 Å².